The number of nitrogens with zero attached hydrogens (tertiary/aromatic N) is 2. The second-order valence-electron chi connectivity index (χ2n) is 3.38. The summed E-state index contributed by atoms with van der Waals surface area (Å²) in [5, 5.41) is 0.200. The molecular formula is C12H12ClN3O2. The van der Waals surface area contributed by atoms with Crippen LogP contribution in [0.3, 0.4) is 0 Å². The van der Waals surface area contributed by atoms with Gasteiger partial charge in [-0.05, 0) is 31.2 Å². The lowest BCUT2D eigenvalue weighted by Crippen LogP contribution is -1.96. The van der Waals surface area contributed by atoms with Crippen LogP contribution < -0.4 is 15.2 Å². The monoisotopic (exact) mass is 265 g/mol. The number of hydrogen-bond acceptors (Lipinski definition) is 5. The van der Waals surface area contributed by atoms with E-state index in [9.17, 15) is 0 Å². The highest BCUT2D eigenvalue weighted by Gasteiger charge is 2.08. The SMILES string of the molecule is CCOc1ccc(Oc2ncnc(N)c2Cl)cc1. The zero-order valence-corrected chi connectivity index (χ0v) is 10.5. The molecular weight excluding hydrogens is 254 g/mol. The van der Waals surface area contributed by atoms with E-state index in [1.165, 1.54) is 6.33 Å². The van der Waals surface area contributed by atoms with Crippen molar-refractivity contribution in [3.8, 4) is 17.4 Å². The van der Waals surface area contributed by atoms with Crippen molar-refractivity contribution in [2.24, 2.45) is 0 Å². The van der Waals surface area contributed by atoms with Gasteiger partial charge < -0.3 is 15.2 Å². The largest absolute Gasteiger partial charge is 0.494 e. The maximum atomic E-state index is 5.92. The summed E-state index contributed by atoms with van der Waals surface area (Å²) in [4.78, 5) is 7.67. The van der Waals surface area contributed by atoms with Crippen LogP contribution in [-0.4, -0.2) is 16.6 Å². The lowest BCUT2D eigenvalue weighted by atomic mass is 10.3. The Labute approximate surface area is 110 Å². The molecule has 0 amide bonds. The Kier molecular flexibility index (Phi) is 3.84. The van der Waals surface area contributed by atoms with E-state index in [1.54, 1.807) is 24.3 Å². The average Bonchev–Trinajstić information content (AvgIpc) is 2.38. The number of rotatable bonds is 4. The molecule has 1 aromatic heterocycles. The van der Waals surface area contributed by atoms with E-state index < -0.39 is 0 Å². The summed E-state index contributed by atoms with van der Waals surface area (Å²) in [6.07, 6.45) is 1.30. The molecule has 0 spiro atoms. The molecule has 94 valence electrons. The minimum Gasteiger partial charge on any atom is -0.494 e. The molecule has 1 heterocycles. The molecule has 2 rings (SSSR count). The van der Waals surface area contributed by atoms with Crippen molar-refractivity contribution in [2.75, 3.05) is 12.3 Å². The van der Waals surface area contributed by atoms with Crippen LogP contribution in [0.2, 0.25) is 5.02 Å². The number of benzene rings is 1. The van der Waals surface area contributed by atoms with Crippen LogP contribution in [0.4, 0.5) is 5.82 Å². The standard InChI is InChI=1S/C12H12ClN3O2/c1-2-17-8-3-5-9(6-4-8)18-12-10(13)11(14)15-7-16-12/h3-7H,2H2,1H3,(H2,14,15,16). The summed E-state index contributed by atoms with van der Waals surface area (Å²) in [7, 11) is 0. The zero-order chi connectivity index (χ0) is 13.0. The van der Waals surface area contributed by atoms with Gasteiger partial charge in [0.05, 0.1) is 6.61 Å². The molecule has 0 unspecified atom stereocenters. The molecule has 0 aliphatic rings. The molecule has 0 aliphatic carbocycles. The summed E-state index contributed by atoms with van der Waals surface area (Å²) < 4.78 is 10.8. The summed E-state index contributed by atoms with van der Waals surface area (Å²) in [6.45, 7) is 2.54. The van der Waals surface area contributed by atoms with Crippen LogP contribution in [0.25, 0.3) is 0 Å². The first kappa shape index (κ1) is 12.4. The third kappa shape index (κ3) is 2.81. The second kappa shape index (κ2) is 5.55. The number of ether oxygens (including phenoxy) is 2. The van der Waals surface area contributed by atoms with Crippen molar-refractivity contribution in [3.63, 3.8) is 0 Å². The molecule has 0 saturated heterocycles. The number of nitrogens with two attached hydrogens (primary N) is 1. The highest BCUT2D eigenvalue weighted by molar-refractivity contribution is 6.34. The van der Waals surface area contributed by atoms with Gasteiger partial charge in [-0.2, -0.15) is 4.98 Å². The van der Waals surface area contributed by atoms with E-state index in [1.807, 2.05) is 6.92 Å². The van der Waals surface area contributed by atoms with E-state index in [2.05, 4.69) is 9.97 Å². The number of anilines is 1. The van der Waals surface area contributed by atoms with E-state index in [0.29, 0.717) is 12.4 Å². The van der Waals surface area contributed by atoms with Crippen LogP contribution in [0.15, 0.2) is 30.6 Å². The third-order valence-corrected chi connectivity index (χ3v) is 2.49. The lowest BCUT2D eigenvalue weighted by molar-refractivity contribution is 0.339. The van der Waals surface area contributed by atoms with Gasteiger partial charge in [0.15, 0.2) is 0 Å². The van der Waals surface area contributed by atoms with E-state index in [4.69, 9.17) is 26.8 Å². The van der Waals surface area contributed by atoms with Crippen molar-refractivity contribution in [1.82, 2.24) is 9.97 Å². The molecule has 2 N–H and O–H groups in total. The van der Waals surface area contributed by atoms with Gasteiger partial charge in [-0.1, -0.05) is 11.6 Å². The number of aromatic nitrogens is 2. The summed E-state index contributed by atoms with van der Waals surface area (Å²) in [6, 6.07) is 7.13. The Morgan fingerprint density at radius 3 is 2.50 bits per heavy atom. The highest BCUT2D eigenvalue weighted by Crippen LogP contribution is 2.30. The van der Waals surface area contributed by atoms with Gasteiger partial charge in [0.2, 0.25) is 5.88 Å². The normalized spacial score (nSPS) is 10.1. The van der Waals surface area contributed by atoms with Crippen molar-refractivity contribution in [3.05, 3.63) is 35.6 Å². The number of halogens is 1. The fourth-order valence-corrected chi connectivity index (χ4v) is 1.46. The van der Waals surface area contributed by atoms with Crippen molar-refractivity contribution in [2.45, 2.75) is 6.92 Å². The van der Waals surface area contributed by atoms with Gasteiger partial charge in [0.25, 0.3) is 0 Å². The fraction of sp³-hybridized carbons (Fsp3) is 0.167. The van der Waals surface area contributed by atoms with Gasteiger partial charge in [-0.25, -0.2) is 4.98 Å². The van der Waals surface area contributed by atoms with Gasteiger partial charge in [-0.3, -0.25) is 0 Å². The van der Waals surface area contributed by atoms with Gasteiger partial charge >= 0.3 is 0 Å². The first-order valence-corrected chi connectivity index (χ1v) is 5.75. The zero-order valence-electron chi connectivity index (χ0n) is 9.76. The number of nitrogen functional groups attached to an aromatic ring is 1. The summed E-state index contributed by atoms with van der Waals surface area (Å²) >= 11 is 5.92. The molecule has 0 atom stereocenters. The molecule has 5 nitrogen and oxygen atoms in total. The van der Waals surface area contributed by atoms with Gasteiger partial charge in [-0.15, -0.1) is 0 Å². The molecule has 0 saturated carbocycles. The Morgan fingerprint density at radius 2 is 1.83 bits per heavy atom. The molecule has 6 heteroatoms. The molecule has 2 aromatic rings. The van der Waals surface area contributed by atoms with E-state index >= 15 is 0 Å². The molecule has 0 aliphatic heterocycles. The quantitative estimate of drug-likeness (QED) is 0.920. The van der Waals surface area contributed by atoms with Crippen LogP contribution in [0, 0.1) is 0 Å². The van der Waals surface area contributed by atoms with Crippen LogP contribution in [0.5, 0.6) is 17.4 Å². The maximum absolute atomic E-state index is 5.92. The summed E-state index contributed by atoms with van der Waals surface area (Å²) in [5.41, 5.74) is 5.55. The van der Waals surface area contributed by atoms with Crippen LogP contribution in [0.1, 0.15) is 6.92 Å². The Balaban J connectivity index is 2.16. The second-order valence-corrected chi connectivity index (χ2v) is 3.76. The topological polar surface area (TPSA) is 70.3 Å². The average molecular weight is 266 g/mol. The first-order chi connectivity index (χ1) is 8.70. The van der Waals surface area contributed by atoms with E-state index in [-0.39, 0.29) is 16.7 Å². The van der Waals surface area contributed by atoms with Crippen molar-refractivity contribution in [1.29, 1.82) is 0 Å². The molecule has 0 radical (unpaired) electrons. The molecule has 18 heavy (non-hydrogen) atoms. The van der Waals surface area contributed by atoms with Crippen molar-refractivity contribution < 1.29 is 9.47 Å². The summed E-state index contributed by atoms with van der Waals surface area (Å²) in [5.74, 6) is 1.79. The van der Waals surface area contributed by atoms with Gasteiger partial charge in [0.1, 0.15) is 28.7 Å². The van der Waals surface area contributed by atoms with Crippen LogP contribution >= 0.6 is 11.6 Å². The smallest absolute Gasteiger partial charge is 0.243 e. The minimum atomic E-state index is 0.188. The Bertz CT molecular complexity index is 531. The molecule has 0 bridgehead atoms. The predicted molar refractivity (Wildman–Crippen MR) is 69.1 cm³/mol. The van der Waals surface area contributed by atoms with Crippen LogP contribution in [-0.2, 0) is 0 Å². The van der Waals surface area contributed by atoms with E-state index in [0.717, 1.165) is 5.75 Å². The maximum Gasteiger partial charge on any atom is 0.243 e. The minimum absolute atomic E-state index is 0.188. The fourth-order valence-electron chi connectivity index (χ4n) is 1.32. The first-order valence-electron chi connectivity index (χ1n) is 5.37. The Hall–Kier alpha value is -2.01. The number of hydrogen-bond donors (Lipinski definition) is 1. The lowest BCUT2D eigenvalue weighted by Gasteiger charge is -2.08. The highest BCUT2D eigenvalue weighted by atomic mass is 35.5. The van der Waals surface area contributed by atoms with Crippen molar-refractivity contribution >= 4 is 17.4 Å². The molecule has 0 fully saturated rings. The van der Waals surface area contributed by atoms with Gasteiger partial charge in [0, 0.05) is 0 Å². The molecule has 1 aromatic carbocycles. The predicted octanol–water partition coefficient (Wildman–Crippen LogP) is 2.90. The third-order valence-electron chi connectivity index (χ3n) is 2.13. The Morgan fingerprint density at radius 1 is 1.17 bits per heavy atom.